The van der Waals surface area contributed by atoms with Crippen LogP contribution < -0.4 is 0 Å². The maximum Gasteiger partial charge on any atom is 0.229 e. The Morgan fingerprint density at radius 3 is 1.59 bits per heavy atom. The highest BCUT2D eigenvalue weighted by Gasteiger charge is 2.20. The topological polar surface area (TPSA) is 48.8 Å². The Kier molecular flexibility index (Phi) is 3.99. The smallest absolute Gasteiger partial charge is 0.229 e. The van der Waals surface area contributed by atoms with Crippen LogP contribution >= 0.6 is 0 Å². The molecule has 0 aliphatic carbocycles. The molecule has 0 saturated carbocycles. The van der Waals surface area contributed by atoms with Gasteiger partial charge in [-0.25, -0.2) is 4.98 Å². The lowest BCUT2D eigenvalue weighted by Crippen LogP contribution is -1.95. The fourth-order valence-electron chi connectivity index (χ4n) is 6.20. The van der Waals surface area contributed by atoms with Crippen LogP contribution in [-0.4, -0.2) is 19.1 Å². The monoisotopic (exact) mass is 500 g/mol. The summed E-state index contributed by atoms with van der Waals surface area (Å²) in [5.41, 5.74) is 8.59. The first-order chi connectivity index (χ1) is 19.4. The second-order valence-electron chi connectivity index (χ2n) is 9.90. The molecule has 5 nitrogen and oxygen atoms in total. The lowest BCUT2D eigenvalue weighted by Gasteiger charge is -2.08. The third-order valence-electron chi connectivity index (χ3n) is 7.83. The third-order valence-corrected chi connectivity index (χ3v) is 7.83. The number of pyridine rings is 2. The predicted octanol–water partition coefficient (Wildman–Crippen LogP) is 8.57. The van der Waals surface area contributed by atoms with Crippen LogP contribution in [0.5, 0.6) is 0 Å². The number of fused-ring (bicyclic) bond motifs is 9. The van der Waals surface area contributed by atoms with Crippen LogP contribution in [0.4, 0.5) is 0 Å². The summed E-state index contributed by atoms with van der Waals surface area (Å²) in [6, 6.07) is 38.2. The van der Waals surface area contributed by atoms with Crippen LogP contribution in [0.2, 0.25) is 0 Å². The molecular weight excluding hydrogens is 480 g/mol. The Labute approximate surface area is 222 Å². The van der Waals surface area contributed by atoms with Gasteiger partial charge in [-0.3, -0.25) is 4.98 Å². The molecule has 39 heavy (non-hydrogen) atoms. The zero-order valence-corrected chi connectivity index (χ0v) is 20.7. The molecule has 5 heteroatoms. The largest absolute Gasteiger partial charge is 0.434 e. The quantitative estimate of drug-likeness (QED) is 0.239. The van der Waals surface area contributed by atoms with Crippen LogP contribution in [0, 0.1) is 0 Å². The van der Waals surface area contributed by atoms with Gasteiger partial charge in [0.05, 0.1) is 45.0 Å². The van der Waals surface area contributed by atoms with Crippen molar-refractivity contribution >= 4 is 65.8 Å². The summed E-state index contributed by atoms with van der Waals surface area (Å²) < 4.78 is 11.0. The number of aromatic nitrogens is 4. The van der Waals surface area contributed by atoms with Gasteiger partial charge in [-0.1, -0.05) is 72.8 Å². The lowest BCUT2D eigenvalue weighted by atomic mass is 10.2. The van der Waals surface area contributed by atoms with Crippen LogP contribution in [0.25, 0.3) is 77.2 Å². The Bertz CT molecular complexity index is 2300. The number of para-hydroxylation sites is 4. The maximum atomic E-state index is 6.45. The van der Waals surface area contributed by atoms with Crippen molar-refractivity contribution in [2.45, 2.75) is 0 Å². The SMILES string of the molecule is c1ccc2c(c1)c1ccccc1n2-c1cnc2oc3c(-n4c5ccccc5c5ccccc54)ccnc3c2c1. The standard InChI is InChI=1S/C34H20N4O/c1-5-13-27-22(9-1)23-10-2-6-14-28(23)37(27)21-19-26-32-33(39-34(26)36-20-21)31(17-18-35-32)38-29-15-7-3-11-24(29)25-12-4-8-16-30(25)38/h1-20H. The Morgan fingerprint density at radius 2 is 1.03 bits per heavy atom. The number of nitrogens with zero attached hydrogens (tertiary/aromatic N) is 4. The fourth-order valence-corrected chi connectivity index (χ4v) is 6.20. The molecule has 0 saturated heterocycles. The molecule has 0 radical (unpaired) electrons. The number of hydrogen-bond acceptors (Lipinski definition) is 3. The van der Waals surface area contributed by atoms with Crippen molar-refractivity contribution in [3.05, 3.63) is 122 Å². The molecule has 5 heterocycles. The molecule has 0 aliphatic heterocycles. The molecule has 9 aromatic rings. The molecule has 0 atom stereocenters. The van der Waals surface area contributed by atoms with Crippen molar-refractivity contribution < 1.29 is 4.42 Å². The molecule has 0 fully saturated rings. The van der Waals surface area contributed by atoms with Crippen molar-refractivity contribution in [3.8, 4) is 11.4 Å². The van der Waals surface area contributed by atoms with Crippen molar-refractivity contribution in [3.63, 3.8) is 0 Å². The lowest BCUT2D eigenvalue weighted by molar-refractivity contribution is 0.651. The van der Waals surface area contributed by atoms with E-state index in [4.69, 9.17) is 14.4 Å². The van der Waals surface area contributed by atoms with Gasteiger partial charge < -0.3 is 13.6 Å². The molecule has 4 aromatic carbocycles. The van der Waals surface area contributed by atoms with Gasteiger partial charge in [0.2, 0.25) is 5.71 Å². The summed E-state index contributed by atoms with van der Waals surface area (Å²) in [6.07, 6.45) is 3.76. The van der Waals surface area contributed by atoms with Crippen LogP contribution in [0.3, 0.4) is 0 Å². The zero-order chi connectivity index (χ0) is 25.5. The van der Waals surface area contributed by atoms with E-state index in [9.17, 15) is 0 Å². The van der Waals surface area contributed by atoms with Crippen molar-refractivity contribution in [2.75, 3.05) is 0 Å². The number of hydrogen-bond donors (Lipinski definition) is 0. The van der Waals surface area contributed by atoms with E-state index in [1.54, 1.807) is 0 Å². The minimum atomic E-state index is 0.579. The van der Waals surface area contributed by atoms with E-state index < -0.39 is 0 Å². The van der Waals surface area contributed by atoms with Crippen molar-refractivity contribution in [1.29, 1.82) is 0 Å². The summed E-state index contributed by atoms with van der Waals surface area (Å²) in [7, 11) is 0. The third kappa shape index (κ3) is 2.73. The number of rotatable bonds is 2. The van der Waals surface area contributed by atoms with Gasteiger partial charge in [-0.05, 0) is 36.4 Å². The van der Waals surface area contributed by atoms with E-state index >= 15 is 0 Å². The molecule has 5 aromatic heterocycles. The second-order valence-corrected chi connectivity index (χ2v) is 9.90. The fraction of sp³-hybridized carbons (Fsp3) is 0. The minimum Gasteiger partial charge on any atom is -0.434 e. The molecule has 182 valence electrons. The summed E-state index contributed by atoms with van der Waals surface area (Å²) in [4.78, 5) is 9.59. The zero-order valence-electron chi connectivity index (χ0n) is 20.7. The minimum absolute atomic E-state index is 0.579. The van der Waals surface area contributed by atoms with Gasteiger partial charge in [-0.2, -0.15) is 0 Å². The van der Waals surface area contributed by atoms with Crippen molar-refractivity contribution in [1.82, 2.24) is 19.1 Å². The summed E-state index contributed by atoms with van der Waals surface area (Å²) in [5.74, 6) is 0. The van der Waals surface area contributed by atoms with E-state index in [0.717, 1.165) is 49.9 Å². The first-order valence-electron chi connectivity index (χ1n) is 13.0. The molecular formula is C34H20N4O. The van der Waals surface area contributed by atoms with E-state index in [1.807, 2.05) is 18.5 Å². The van der Waals surface area contributed by atoms with Gasteiger partial charge in [-0.15, -0.1) is 0 Å². The van der Waals surface area contributed by atoms with Gasteiger partial charge in [0.25, 0.3) is 0 Å². The van der Waals surface area contributed by atoms with Gasteiger partial charge in [0.15, 0.2) is 5.58 Å². The summed E-state index contributed by atoms with van der Waals surface area (Å²) in [6.45, 7) is 0. The first kappa shape index (κ1) is 20.6. The van der Waals surface area contributed by atoms with E-state index in [2.05, 4.69) is 112 Å². The maximum absolute atomic E-state index is 6.45. The average molecular weight is 501 g/mol. The first-order valence-corrected chi connectivity index (χ1v) is 13.0. The Hall–Kier alpha value is -5.42. The molecule has 0 aliphatic rings. The molecule has 0 N–H and O–H groups in total. The highest BCUT2D eigenvalue weighted by atomic mass is 16.3. The van der Waals surface area contributed by atoms with Crippen LogP contribution in [0.1, 0.15) is 0 Å². The summed E-state index contributed by atoms with van der Waals surface area (Å²) >= 11 is 0. The highest BCUT2D eigenvalue weighted by Crippen LogP contribution is 2.38. The van der Waals surface area contributed by atoms with Gasteiger partial charge >= 0.3 is 0 Å². The summed E-state index contributed by atoms with van der Waals surface area (Å²) in [5, 5.41) is 5.75. The molecule has 0 unspecified atom stereocenters. The van der Waals surface area contributed by atoms with E-state index in [1.165, 1.54) is 21.5 Å². The normalized spacial score (nSPS) is 12.1. The van der Waals surface area contributed by atoms with Gasteiger partial charge in [0.1, 0.15) is 5.52 Å². The van der Waals surface area contributed by atoms with E-state index in [0.29, 0.717) is 5.71 Å². The molecule has 0 amide bonds. The number of benzene rings is 4. The highest BCUT2D eigenvalue weighted by molar-refractivity contribution is 6.12. The van der Waals surface area contributed by atoms with E-state index in [-0.39, 0.29) is 0 Å². The second kappa shape index (κ2) is 7.55. The molecule has 0 spiro atoms. The average Bonchev–Trinajstić information content (AvgIpc) is 3.65. The Balaban J connectivity index is 1.34. The Morgan fingerprint density at radius 1 is 0.513 bits per heavy atom. The molecule has 0 bridgehead atoms. The number of furan rings is 1. The van der Waals surface area contributed by atoms with Crippen LogP contribution in [-0.2, 0) is 0 Å². The molecule has 9 rings (SSSR count). The van der Waals surface area contributed by atoms with Crippen LogP contribution in [0.15, 0.2) is 126 Å². The van der Waals surface area contributed by atoms with Crippen molar-refractivity contribution in [2.24, 2.45) is 0 Å². The predicted molar refractivity (Wildman–Crippen MR) is 158 cm³/mol. The van der Waals surface area contributed by atoms with Gasteiger partial charge in [0, 0.05) is 27.7 Å².